The number of nitrogens with zero attached hydrogens (tertiary/aromatic N) is 2. The van der Waals surface area contributed by atoms with Gasteiger partial charge in [0.1, 0.15) is 0 Å². The summed E-state index contributed by atoms with van der Waals surface area (Å²) in [6.07, 6.45) is 1.23. The van der Waals surface area contributed by atoms with Crippen molar-refractivity contribution in [1.29, 1.82) is 0 Å². The molecule has 0 bridgehead atoms. The summed E-state index contributed by atoms with van der Waals surface area (Å²) in [4.78, 5) is 1.97. The van der Waals surface area contributed by atoms with Crippen LogP contribution in [0.2, 0.25) is 5.02 Å². The topological polar surface area (TPSA) is 52.6 Å². The highest BCUT2D eigenvalue weighted by molar-refractivity contribution is 7.88. The van der Waals surface area contributed by atoms with E-state index in [2.05, 4.69) is 5.32 Å². The first-order valence-corrected chi connectivity index (χ1v) is 9.18. The van der Waals surface area contributed by atoms with Crippen LogP contribution in [0, 0.1) is 6.92 Å². The number of rotatable bonds is 2. The van der Waals surface area contributed by atoms with Crippen LogP contribution in [0.25, 0.3) is 0 Å². The third kappa shape index (κ3) is 4.29. The molecule has 1 N–H and O–H groups in total. The minimum absolute atomic E-state index is 0.454. The van der Waals surface area contributed by atoms with Crippen LogP contribution in [0.3, 0.4) is 0 Å². The quantitative estimate of drug-likeness (QED) is 0.828. The Hall–Kier alpha value is -0.890. The summed E-state index contributed by atoms with van der Waals surface area (Å²) in [5.41, 5.74) is 1.93. The molecule has 1 heterocycles. The fourth-order valence-corrected chi connectivity index (χ4v) is 3.44. The molecular weight excluding hydrogens is 330 g/mol. The van der Waals surface area contributed by atoms with E-state index in [0.717, 1.165) is 11.3 Å². The van der Waals surface area contributed by atoms with Crippen LogP contribution in [0.15, 0.2) is 18.2 Å². The predicted octanol–water partition coefficient (Wildman–Crippen LogP) is 1.92. The normalized spacial score (nSPS) is 16.8. The minimum atomic E-state index is -3.12. The summed E-state index contributed by atoms with van der Waals surface area (Å²) in [6.45, 7) is 4.05. The molecule has 0 spiro atoms. The Bertz CT molecular complexity index is 641. The van der Waals surface area contributed by atoms with Gasteiger partial charge in [-0.15, -0.1) is 0 Å². The summed E-state index contributed by atoms with van der Waals surface area (Å²) < 4.78 is 24.4. The van der Waals surface area contributed by atoms with Gasteiger partial charge in [-0.3, -0.25) is 0 Å². The van der Waals surface area contributed by atoms with E-state index in [9.17, 15) is 8.42 Å². The maximum absolute atomic E-state index is 11.5. The van der Waals surface area contributed by atoms with Crippen LogP contribution in [-0.2, 0) is 10.0 Å². The van der Waals surface area contributed by atoms with Crippen LogP contribution in [0.5, 0.6) is 0 Å². The van der Waals surface area contributed by atoms with Crippen molar-refractivity contribution >= 4 is 44.6 Å². The van der Waals surface area contributed by atoms with Crippen molar-refractivity contribution in [2.45, 2.75) is 6.92 Å². The molecule has 1 fully saturated rings. The Labute approximate surface area is 135 Å². The number of aryl methyl sites for hydroxylation is 1. The largest absolute Gasteiger partial charge is 0.346 e. The summed E-state index contributed by atoms with van der Waals surface area (Å²) in [7, 11) is -3.12. The number of piperazine rings is 1. The molecule has 5 nitrogen and oxygen atoms in total. The van der Waals surface area contributed by atoms with Crippen molar-refractivity contribution in [2.75, 3.05) is 37.8 Å². The molecule has 0 amide bonds. The van der Waals surface area contributed by atoms with Crippen molar-refractivity contribution in [2.24, 2.45) is 0 Å². The van der Waals surface area contributed by atoms with Gasteiger partial charge in [-0.1, -0.05) is 17.7 Å². The molecule has 0 saturated carbocycles. The molecular formula is C13H18ClN3O2S2. The van der Waals surface area contributed by atoms with E-state index in [1.54, 1.807) is 0 Å². The molecule has 1 aromatic carbocycles. The van der Waals surface area contributed by atoms with E-state index in [-0.39, 0.29) is 0 Å². The van der Waals surface area contributed by atoms with Gasteiger partial charge in [0.15, 0.2) is 5.11 Å². The lowest BCUT2D eigenvalue weighted by molar-refractivity contribution is 0.270. The standard InChI is InChI=1S/C13H18ClN3O2S2/c1-10-3-4-11(14)9-12(10)15-13(20)16-5-7-17(8-6-16)21(2,18)19/h3-4,9H,5-8H2,1-2H3,(H,15,20). The van der Waals surface area contributed by atoms with Gasteiger partial charge in [0, 0.05) is 36.9 Å². The molecule has 0 atom stereocenters. The molecule has 21 heavy (non-hydrogen) atoms. The van der Waals surface area contributed by atoms with Crippen LogP contribution in [-0.4, -0.2) is 55.2 Å². The van der Waals surface area contributed by atoms with Crippen LogP contribution < -0.4 is 5.32 Å². The smallest absolute Gasteiger partial charge is 0.211 e. The highest BCUT2D eigenvalue weighted by atomic mass is 35.5. The number of hydrogen-bond donors (Lipinski definition) is 1. The molecule has 0 aromatic heterocycles. The summed E-state index contributed by atoms with van der Waals surface area (Å²) in [5.74, 6) is 0. The third-order valence-corrected chi connectivity index (χ3v) is 5.33. The maximum atomic E-state index is 11.5. The molecule has 116 valence electrons. The number of anilines is 1. The van der Waals surface area contributed by atoms with Crippen LogP contribution in [0.4, 0.5) is 5.69 Å². The van der Waals surface area contributed by atoms with Gasteiger partial charge in [0.25, 0.3) is 0 Å². The van der Waals surface area contributed by atoms with Gasteiger partial charge in [0.2, 0.25) is 10.0 Å². The van der Waals surface area contributed by atoms with Crippen molar-refractivity contribution in [3.63, 3.8) is 0 Å². The molecule has 8 heteroatoms. The zero-order valence-corrected chi connectivity index (χ0v) is 14.4. The molecule has 0 unspecified atom stereocenters. The van der Waals surface area contributed by atoms with E-state index in [0.29, 0.717) is 36.3 Å². The van der Waals surface area contributed by atoms with E-state index in [4.69, 9.17) is 23.8 Å². The Morgan fingerprint density at radius 3 is 2.48 bits per heavy atom. The average Bonchev–Trinajstić information content (AvgIpc) is 2.42. The molecule has 1 aliphatic heterocycles. The molecule has 2 rings (SSSR count). The SMILES string of the molecule is Cc1ccc(Cl)cc1NC(=S)N1CCN(S(C)(=O)=O)CC1. The first-order valence-electron chi connectivity index (χ1n) is 6.54. The van der Waals surface area contributed by atoms with E-state index in [1.807, 2.05) is 30.0 Å². The van der Waals surface area contributed by atoms with Gasteiger partial charge < -0.3 is 10.2 Å². The first kappa shape index (κ1) is 16.5. The number of halogens is 1. The monoisotopic (exact) mass is 347 g/mol. The summed E-state index contributed by atoms with van der Waals surface area (Å²) in [6, 6.07) is 5.58. The molecule has 1 aromatic rings. The van der Waals surface area contributed by atoms with Crippen LogP contribution in [0.1, 0.15) is 5.56 Å². The fraction of sp³-hybridized carbons (Fsp3) is 0.462. The Kier molecular flexibility index (Phi) is 5.08. The highest BCUT2D eigenvalue weighted by Gasteiger charge is 2.24. The first-order chi connectivity index (χ1) is 9.77. The number of sulfonamides is 1. The third-order valence-electron chi connectivity index (χ3n) is 3.44. The molecule has 0 radical (unpaired) electrons. The lowest BCUT2D eigenvalue weighted by atomic mass is 10.2. The molecule has 1 aliphatic rings. The Balaban J connectivity index is 1.98. The van der Waals surface area contributed by atoms with Crippen LogP contribution >= 0.6 is 23.8 Å². The van der Waals surface area contributed by atoms with Gasteiger partial charge in [0.05, 0.1) is 6.26 Å². The van der Waals surface area contributed by atoms with Gasteiger partial charge in [-0.25, -0.2) is 8.42 Å². The zero-order valence-electron chi connectivity index (χ0n) is 12.0. The maximum Gasteiger partial charge on any atom is 0.211 e. The van der Waals surface area contributed by atoms with Gasteiger partial charge >= 0.3 is 0 Å². The number of benzene rings is 1. The second-order valence-electron chi connectivity index (χ2n) is 5.04. The van der Waals surface area contributed by atoms with E-state index < -0.39 is 10.0 Å². The highest BCUT2D eigenvalue weighted by Crippen LogP contribution is 2.21. The van der Waals surface area contributed by atoms with Gasteiger partial charge in [-0.05, 0) is 36.8 Å². The lowest BCUT2D eigenvalue weighted by Gasteiger charge is -2.35. The van der Waals surface area contributed by atoms with E-state index >= 15 is 0 Å². The Morgan fingerprint density at radius 1 is 1.29 bits per heavy atom. The van der Waals surface area contributed by atoms with Crippen molar-refractivity contribution < 1.29 is 8.42 Å². The van der Waals surface area contributed by atoms with Crippen molar-refractivity contribution in [1.82, 2.24) is 9.21 Å². The van der Waals surface area contributed by atoms with Gasteiger partial charge in [-0.2, -0.15) is 4.31 Å². The number of hydrogen-bond acceptors (Lipinski definition) is 3. The lowest BCUT2D eigenvalue weighted by Crippen LogP contribution is -2.51. The van der Waals surface area contributed by atoms with Crippen molar-refractivity contribution in [3.05, 3.63) is 28.8 Å². The average molecular weight is 348 g/mol. The number of nitrogens with one attached hydrogen (secondary N) is 1. The molecule has 0 aliphatic carbocycles. The second-order valence-corrected chi connectivity index (χ2v) is 7.84. The zero-order chi connectivity index (χ0) is 15.6. The fourth-order valence-electron chi connectivity index (χ4n) is 2.15. The predicted molar refractivity (Wildman–Crippen MR) is 90.4 cm³/mol. The minimum Gasteiger partial charge on any atom is -0.346 e. The summed E-state index contributed by atoms with van der Waals surface area (Å²) >= 11 is 11.4. The Morgan fingerprint density at radius 2 is 1.90 bits per heavy atom. The number of thiocarbonyl (C=S) groups is 1. The second kappa shape index (κ2) is 6.48. The van der Waals surface area contributed by atoms with E-state index in [1.165, 1.54) is 10.6 Å². The molecule has 1 saturated heterocycles. The summed E-state index contributed by atoms with van der Waals surface area (Å²) in [5, 5.41) is 4.42. The van der Waals surface area contributed by atoms with Crippen molar-refractivity contribution in [3.8, 4) is 0 Å².